The second-order valence-corrected chi connectivity index (χ2v) is 5.94. The molecule has 0 aliphatic heterocycles. The third-order valence-electron chi connectivity index (χ3n) is 4.16. The van der Waals surface area contributed by atoms with Crippen LogP contribution in [0.2, 0.25) is 0 Å². The van der Waals surface area contributed by atoms with Crippen molar-refractivity contribution in [2.75, 3.05) is 5.32 Å². The van der Waals surface area contributed by atoms with Crippen LogP contribution < -0.4 is 5.32 Å². The lowest BCUT2D eigenvalue weighted by Gasteiger charge is -2.07. The number of aromatic amines is 1. The number of benzene rings is 3. The van der Waals surface area contributed by atoms with Gasteiger partial charge in [-0.15, -0.1) is 0 Å². The van der Waals surface area contributed by atoms with Crippen molar-refractivity contribution < 1.29 is 0 Å². The average Bonchev–Trinajstić information content (AvgIpc) is 3.17. The fraction of sp³-hybridized carbons (Fsp3) is 0.0455. The first-order chi connectivity index (χ1) is 12.4. The summed E-state index contributed by atoms with van der Waals surface area (Å²) in [6, 6.07) is 31.2. The van der Waals surface area contributed by atoms with Gasteiger partial charge in [0.25, 0.3) is 0 Å². The number of nitrogens with zero attached hydrogens (tertiary/aromatic N) is 1. The predicted molar refractivity (Wildman–Crippen MR) is 103 cm³/mol. The molecule has 0 saturated heterocycles. The first-order valence-corrected chi connectivity index (χ1v) is 8.37. The van der Waals surface area contributed by atoms with E-state index in [0.717, 1.165) is 22.6 Å². The highest BCUT2D eigenvalue weighted by Gasteiger charge is 2.04. The fourth-order valence-corrected chi connectivity index (χ4v) is 2.85. The molecule has 1 aromatic heterocycles. The zero-order valence-corrected chi connectivity index (χ0v) is 13.8. The molecule has 1 heterocycles. The van der Waals surface area contributed by atoms with E-state index < -0.39 is 0 Å². The molecule has 25 heavy (non-hydrogen) atoms. The Morgan fingerprint density at radius 1 is 0.680 bits per heavy atom. The van der Waals surface area contributed by atoms with Crippen LogP contribution in [0.1, 0.15) is 5.69 Å². The van der Waals surface area contributed by atoms with Gasteiger partial charge < -0.3 is 5.32 Å². The number of hydrogen-bond acceptors (Lipinski definition) is 2. The largest absolute Gasteiger partial charge is 0.379 e. The monoisotopic (exact) mass is 325 g/mol. The summed E-state index contributed by atoms with van der Waals surface area (Å²) < 4.78 is 0. The average molecular weight is 325 g/mol. The Kier molecular flexibility index (Phi) is 4.29. The zero-order valence-electron chi connectivity index (χ0n) is 13.8. The molecular formula is C22H19N3. The van der Waals surface area contributed by atoms with Crippen LogP contribution in [0.5, 0.6) is 0 Å². The van der Waals surface area contributed by atoms with E-state index in [4.69, 9.17) is 0 Å². The molecule has 0 unspecified atom stereocenters. The summed E-state index contributed by atoms with van der Waals surface area (Å²) in [7, 11) is 0. The van der Waals surface area contributed by atoms with E-state index in [1.807, 2.05) is 24.3 Å². The first-order valence-electron chi connectivity index (χ1n) is 8.37. The van der Waals surface area contributed by atoms with Crippen molar-refractivity contribution in [2.24, 2.45) is 0 Å². The van der Waals surface area contributed by atoms with E-state index >= 15 is 0 Å². The minimum Gasteiger partial charge on any atom is -0.379 e. The van der Waals surface area contributed by atoms with Gasteiger partial charge in [-0.25, -0.2) is 0 Å². The van der Waals surface area contributed by atoms with E-state index in [0.29, 0.717) is 6.54 Å². The summed E-state index contributed by atoms with van der Waals surface area (Å²) >= 11 is 0. The number of anilines is 1. The van der Waals surface area contributed by atoms with Crippen LogP contribution >= 0.6 is 0 Å². The minimum atomic E-state index is 0.682. The van der Waals surface area contributed by atoms with E-state index in [1.165, 1.54) is 11.1 Å². The molecule has 0 bridgehead atoms. The molecule has 4 rings (SSSR count). The molecule has 0 amide bonds. The van der Waals surface area contributed by atoms with E-state index in [1.54, 1.807) is 0 Å². The van der Waals surface area contributed by atoms with Gasteiger partial charge in [-0.3, -0.25) is 5.10 Å². The second-order valence-electron chi connectivity index (χ2n) is 5.94. The van der Waals surface area contributed by atoms with Crippen molar-refractivity contribution >= 4 is 5.69 Å². The Morgan fingerprint density at radius 3 is 2.12 bits per heavy atom. The number of H-pyrrole nitrogens is 1. The molecule has 0 aliphatic carbocycles. The van der Waals surface area contributed by atoms with Gasteiger partial charge >= 0.3 is 0 Å². The Balaban J connectivity index is 1.46. The van der Waals surface area contributed by atoms with Crippen LogP contribution in [0.15, 0.2) is 91.0 Å². The van der Waals surface area contributed by atoms with Gasteiger partial charge in [-0.05, 0) is 34.9 Å². The molecule has 2 N–H and O–H groups in total. The molecule has 4 aromatic rings. The summed E-state index contributed by atoms with van der Waals surface area (Å²) in [4.78, 5) is 0. The predicted octanol–water partition coefficient (Wildman–Crippen LogP) is 5.36. The highest BCUT2D eigenvalue weighted by Crippen LogP contribution is 2.23. The van der Waals surface area contributed by atoms with Gasteiger partial charge in [0.05, 0.1) is 17.9 Å². The topological polar surface area (TPSA) is 40.7 Å². The van der Waals surface area contributed by atoms with Crippen molar-refractivity contribution in [1.29, 1.82) is 0 Å². The summed E-state index contributed by atoms with van der Waals surface area (Å²) in [5, 5.41) is 11.0. The number of hydrogen-bond donors (Lipinski definition) is 2. The third kappa shape index (κ3) is 3.61. The maximum absolute atomic E-state index is 4.40. The molecule has 0 saturated carbocycles. The lowest BCUT2D eigenvalue weighted by atomic mass is 10.1. The fourth-order valence-electron chi connectivity index (χ4n) is 2.85. The Morgan fingerprint density at radius 2 is 1.36 bits per heavy atom. The van der Waals surface area contributed by atoms with Crippen LogP contribution in [0.25, 0.3) is 22.4 Å². The smallest absolute Gasteiger partial charge is 0.0819 e. The molecule has 0 atom stereocenters. The zero-order chi connectivity index (χ0) is 16.9. The number of aromatic nitrogens is 2. The highest BCUT2D eigenvalue weighted by atomic mass is 15.1. The number of nitrogens with one attached hydrogen (secondary N) is 2. The van der Waals surface area contributed by atoms with Crippen molar-refractivity contribution in [3.63, 3.8) is 0 Å². The summed E-state index contributed by atoms with van der Waals surface area (Å²) in [6.07, 6.45) is 0. The van der Waals surface area contributed by atoms with Crippen LogP contribution in [-0.2, 0) is 6.54 Å². The lowest BCUT2D eigenvalue weighted by molar-refractivity contribution is 0.983. The standard InChI is InChI=1S/C22H19N3/c1-3-8-17(9-4-1)19-12-7-13-20(14-19)23-16-21-15-22(25-24-21)18-10-5-2-6-11-18/h1-15,23H,16H2,(H,24,25). The first kappa shape index (κ1) is 15.2. The Hall–Kier alpha value is -3.33. The maximum atomic E-state index is 4.40. The molecule has 0 radical (unpaired) electrons. The SMILES string of the molecule is c1ccc(-c2cccc(NCc3cc(-c4ccccc4)[nH]n3)c2)cc1. The summed E-state index contributed by atoms with van der Waals surface area (Å²) in [6.45, 7) is 0.682. The number of rotatable bonds is 5. The van der Waals surface area contributed by atoms with Gasteiger partial charge in [-0.2, -0.15) is 5.10 Å². The van der Waals surface area contributed by atoms with Crippen molar-refractivity contribution in [3.05, 3.63) is 96.7 Å². The third-order valence-corrected chi connectivity index (χ3v) is 4.16. The van der Waals surface area contributed by atoms with Gasteiger partial charge in [0.2, 0.25) is 0 Å². The van der Waals surface area contributed by atoms with E-state index in [2.05, 4.69) is 82.2 Å². The van der Waals surface area contributed by atoms with Gasteiger partial charge in [0.15, 0.2) is 0 Å². The van der Waals surface area contributed by atoms with Gasteiger partial charge in [0, 0.05) is 5.69 Å². The van der Waals surface area contributed by atoms with Crippen molar-refractivity contribution in [1.82, 2.24) is 10.2 Å². The molecule has 122 valence electrons. The molecular weight excluding hydrogens is 306 g/mol. The van der Waals surface area contributed by atoms with Crippen LogP contribution in [-0.4, -0.2) is 10.2 Å². The summed E-state index contributed by atoms with van der Waals surface area (Å²) in [5.74, 6) is 0. The maximum Gasteiger partial charge on any atom is 0.0819 e. The van der Waals surface area contributed by atoms with Gasteiger partial charge in [0.1, 0.15) is 0 Å². The Bertz CT molecular complexity index is 943. The molecule has 3 aromatic carbocycles. The molecule has 3 heteroatoms. The highest BCUT2D eigenvalue weighted by molar-refractivity contribution is 5.68. The lowest BCUT2D eigenvalue weighted by Crippen LogP contribution is -1.99. The van der Waals surface area contributed by atoms with Crippen LogP contribution in [0.4, 0.5) is 5.69 Å². The van der Waals surface area contributed by atoms with E-state index in [9.17, 15) is 0 Å². The van der Waals surface area contributed by atoms with Crippen LogP contribution in [0.3, 0.4) is 0 Å². The summed E-state index contributed by atoms with van der Waals surface area (Å²) in [5.41, 5.74) is 6.69. The minimum absolute atomic E-state index is 0.682. The van der Waals surface area contributed by atoms with Crippen molar-refractivity contribution in [2.45, 2.75) is 6.54 Å². The normalized spacial score (nSPS) is 10.6. The van der Waals surface area contributed by atoms with E-state index in [-0.39, 0.29) is 0 Å². The van der Waals surface area contributed by atoms with Gasteiger partial charge in [-0.1, -0.05) is 72.8 Å². The van der Waals surface area contributed by atoms with Crippen LogP contribution in [0, 0.1) is 0 Å². The molecule has 0 spiro atoms. The molecule has 3 nitrogen and oxygen atoms in total. The molecule has 0 fully saturated rings. The quantitative estimate of drug-likeness (QED) is 0.519. The molecule has 0 aliphatic rings. The Labute approximate surface area is 147 Å². The second kappa shape index (κ2) is 7.05. The van der Waals surface area contributed by atoms with Crippen molar-refractivity contribution in [3.8, 4) is 22.4 Å².